The summed E-state index contributed by atoms with van der Waals surface area (Å²) in [6.45, 7) is 0. The van der Waals surface area contributed by atoms with Crippen LogP contribution in [0.5, 0.6) is 11.5 Å². The Morgan fingerprint density at radius 1 is 0.963 bits per heavy atom. The molecule has 0 radical (unpaired) electrons. The second-order valence-electron chi connectivity index (χ2n) is 5.97. The molecule has 5 nitrogen and oxygen atoms in total. The van der Waals surface area contributed by atoms with Crippen molar-refractivity contribution in [2.45, 2.75) is 0 Å². The Hall–Kier alpha value is -3.60. The minimum absolute atomic E-state index is 0.212. The fourth-order valence-corrected chi connectivity index (χ4v) is 3.04. The van der Waals surface area contributed by atoms with Gasteiger partial charge in [0.05, 0.1) is 14.2 Å². The Labute approximate surface area is 156 Å². The highest BCUT2D eigenvalue weighted by molar-refractivity contribution is 6.17. The second kappa shape index (κ2) is 6.96. The van der Waals surface area contributed by atoms with Gasteiger partial charge in [-0.2, -0.15) is 0 Å². The number of hydrogen-bond acceptors (Lipinski definition) is 5. The number of ether oxygens (including phenoxy) is 3. The van der Waals surface area contributed by atoms with Crippen LogP contribution in [0.3, 0.4) is 0 Å². The molecule has 0 aromatic heterocycles. The van der Waals surface area contributed by atoms with Crippen LogP contribution in [0.15, 0.2) is 71.4 Å². The third kappa shape index (κ3) is 3.15. The predicted octanol–water partition coefficient (Wildman–Crippen LogP) is 4.20. The molecule has 1 aliphatic rings. The molecule has 0 saturated heterocycles. The van der Waals surface area contributed by atoms with Gasteiger partial charge < -0.3 is 14.2 Å². The molecule has 0 fully saturated rings. The Kier molecular flexibility index (Phi) is 4.34. The lowest BCUT2D eigenvalue weighted by Gasteiger charge is -2.07. The van der Waals surface area contributed by atoms with Crippen LogP contribution >= 0.6 is 0 Å². The highest BCUT2D eigenvalue weighted by Crippen LogP contribution is 2.29. The first-order valence-corrected chi connectivity index (χ1v) is 8.42. The molecule has 27 heavy (non-hydrogen) atoms. The fraction of sp³-hybridized carbons (Fsp3) is 0.0909. The number of fused-ring (bicyclic) bond motifs is 1. The molecule has 0 unspecified atom stereocenters. The molecule has 0 N–H and O–H groups in total. The molecule has 0 aliphatic carbocycles. The zero-order chi connectivity index (χ0) is 18.8. The van der Waals surface area contributed by atoms with Gasteiger partial charge >= 0.3 is 5.97 Å². The van der Waals surface area contributed by atoms with E-state index in [1.165, 1.54) is 0 Å². The molecule has 0 spiro atoms. The summed E-state index contributed by atoms with van der Waals surface area (Å²) in [6.07, 6.45) is 1.64. The molecule has 0 bridgehead atoms. The third-order valence-corrected chi connectivity index (χ3v) is 4.37. The number of hydrogen-bond donors (Lipinski definition) is 0. The van der Waals surface area contributed by atoms with E-state index in [1.54, 1.807) is 38.5 Å². The van der Waals surface area contributed by atoms with Gasteiger partial charge in [-0.25, -0.2) is 9.79 Å². The van der Waals surface area contributed by atoms with E-state index in [0.29, 0.717) is 23.0 Å². The molecular weight excluding hydrogens is 342 g/mol. The summed E-state index contributed by atoms with van der Waals surface area (Å²) in [5, 5.41) is 2.03. The van der Waals surface area contributed by atoms with E-state index in [2.05, 4.69) is 4.99 Å². The molecule has 134 valence electrons. The van der Waals surface area contributed by atoms with E-state index in [0.717, 1.165) is 16.3 Å². The first-order valence-electron chi connectivity index (χ1n) is 8.42. The number of methoxy groups -OCH3 is 2. The van der Waals surface area contributed by atoms with E-state index in [-0.39, 0.29) is 5.70 Å². The number of benzene rings is 3. The van der Waals surface area contributed by atoms with Crippen molar-refractivity contribution in [3.05, 3.63) is 77.5 Å². The molecule has 0 amide bonds. The van der Waals surface area contributed by atoms with Crippen LogP contribution < -0.4 is 9.47 Å². The van der Waals surface area contributed by atoms with Gasteiger partial charge in [0.1, 0.15) is 11.5 Å². The molecule has 4 rings (SSSR count). The van der Waals surface area contributed by atoms with Gasteiger partial charge in [0, 0.05) is 11.1 Å². The zero-order valence-corrected chi connectivity index (χ0v) is 14.9. The average molecular weight is 359 g/mol. The molecule has 1 heterocycles. The van der Waals surface area contributed by atoms with Crippen LogP contribution in [0, 0.1) is 0 Å². The summed E-state index contributed by atoms with van der Waals surface area (Å²) in [4.78, 5) is 16.8. The topological polar surface area (TPSA) is 57.1 Å². The normalized spacial score (nSPS) is 15.0. The van der Waals surface area contributed by atoms with Crippen LogP contribution in [0.2, 0.25) is 0 Å². The molecular formula is C22H17NO4. The summed E-state index contributed by atoms with van der Waals surface area (Å²) < 4.78 is 16.0. The number of carbonyl (C=O) groups excluding carboxylic acids is 1. The monoisotopic (exact) mass is 359 g/mol. The van der Waals surface area contributed by atoms with Gasteiger partial charge in [-0.05, 0) is 41.1 Å². The van der Waals surface area contributed by atoms with E-state index in [4.69, 9.17) is 14.2 Å². The summed E-state index contributed by atoms with van der Waals surface area (Å²) in [5.41, 5.74) is 1.68. The second-order valence-corrected chi connectivity index (χ2v) is 5.97. The summed E-state index contributed by atoms with van der Waals surface area (Å²) in [5.74, 6) is 1.07. The number of cyclic esters (lactones) is 1. The van der Waals surface area contributed by atoms with Crippen LogP contribution in [0.1, 0.15) is 11.1 Å². The summed E-state index contributed by atoms with van der Waals surface area (Å²) in [7, 11) is 3.15. The summed E-state index contributed by atoms with van der Waals surface area (Å²) >= 11 is 0. The van der Waals surface area contributed by atoms with Crippen molar-refractivity contribution in [2.24, 2.45) is 4.99 Å². The lowest BCUT2D eigenvalue weighted by Crippen LogP contribution is -2.05. The molecule has 5 heteroatoms. The molecule has 0 atom stereocenters. The van der Waals surface area contributed by atoms with Crippen molar-refractivity contribution < 1.29 is 19.0 Å². The van der Waals surface area contributed by atoms with Crippen LogP contribution in [-0.2, 0) is 9.53 Å². The standard InChI is InChI=1S/C22H17NO4/c1-25-16-10-11-20(26-2)15(12-16)13-19-22(24)27-21(23-19)18-9-5-7-14-6-3-4-8-17(14)18/h3-13H,1-2H3. The van der Waals surface area contributed by atoms with Gasteiger partial charge in [0.15, 0.2) is 5.70 Å². The van der Waals surface area contributed by atoms with E-state index < -0.39 is 5.97 Å². The maximum atomic E-state index is 12.4. The smallest absolute Gasteiger partial charge is 0.363 e. The highest BCUT2D eigenvalue weighted by atomic mass is 16.6. The quantitative estimate of drug-likeness (QED) is 0.517. The van der Waals surface area contributed by atoms with Crippen LogP contribution in [0.4, 0.5) is 0 Å². The number of rotatable bonds is 4. The molecule has 1 aliphatic heterocycles. The summed E-state index contributed by atoms with van der Waals surface area (Å²) in [6, 6.07) is 19.1. The number of aliphatic imine (C=N–C) groups is 1. The van der Waals surface area contributed by atoms with Crippen molar-refractivity contribution in [2.75, 3.05) is 14.2 Å². The average Bonchev–Trinajstić information content (AvgIpc) is 3.07. The first-order chi connectivity index (χ1) is 13.2. The van der Waals surface area contributed by atoms with Crippen LogP contribution in [-0.4, -0.2) is 26.1 Å². The molecule has 3 aromatic carbocycles. The van der Waals surface area contributed by atoms with E-state index >= 15 is 0 Å². The van der Waals surface area contributed by atoms with Gasteiger partial charge in [-0.1, -0.05) is 36.4 Å². The van der Waals surface area contributed by atoms with Gasteiger partial charge in [0.25, 0.3) is 0 Å². The zero-order valence-electron chi connectivity index (χ0n) is 14.9. The maximum absolute atomic E-state index is 12.4. The number of carbonyl (C=O) groups is 1. The van der Waals surface area contributed by atoms with E-state index in [1.807, 2.05) is 42.5 Å². The van der Waals surface area contributed by atoms with Gasteiger partial charge in [-0.15, -0.1) is 0 Å². The predicted molar refractivity (Wildman–Crippen MR) is 104 cm³/mol. The van der Waals surface area contributed by atoms with Crippen molar-refractivity contribution in [3.63, 3.8) is 0 Å². The fourth-order valence-electron chi connectivity index (χ4n) is 3.04. The van der Waals surface area contributed by atoms with Crippen molar-refractivity contribution in [1.82, 2.24) is 0 Å². The Balaban J connectivity index is 1.79. The van der Waals surface area contributed by atoms with Crippen molar-refractivity contribution >= 4 is 28.7 Å². The largest absolute Gasteiger partial charge is 0.497 e. The maximum Gasteiger partial charge on any atom is 0.363 e. The highest BCUT2D eigenvalue weighted by Gasteiger charge is 2.25. The third-order valence-electron chi connectivity index (χ3n) is 4.37. The van der Waals surface area contributed by atoms with Gasteiger partial charge in [-0.3, -0.25) is 0 Å². The van der Waals surface area contributed by atoms with Crippen molar-refractivity contribution in [1.29, 1.82) is 0 Å². The minimum atomic E-state index is -0.497. The first kappa shape index (κ1) is 16.8. The molecule has 0 saturated carbocycles. The van der Waals surface area contributed by atoms with Crippen molar-refractivity contribution in [3.8, 4) is 11.5 Å². The lowest BCUT2D eigenvalue weighted by molar-refractivity contribution is -0.129. The lowest BCUT2D eigenvalue weighted by atomic mass is 10.0. The van der Waals surface area contributed by atoms with Gasteiger partial charge in [0.2, 0.25) is 5.90 Å². The Morgan fingerprint density at radius 3 is 2.59 bits per heavy atom. The number of esters is 1. The molecule has 3 aromatic rings. The SMILES string of the molecule is COc1ccc(OC)c(C=C2N=C(c3cccc4ccccc34)OC2=O)c1. The number of nitrogens with zero attached hydrogens (tertiary/aromatic N) is 1. The van der Waals surface area contributed by atoms with E-state index in [9.17, 15) is 4.79 Å². The Morgan fingerprint density at radius 2 is 1.78 bits per heavy atom. The Bertz CT molecular complexity index is 1090. The van der Waals surface area contributed by atoms with Crippen LogP contribution in [0.25, 0.3) is 16.8 Å². The minimum Gasteiger partial charge on any atom is -0.497 e.